The van der Waals surface area contributed by atoms with Crippen molar-refractivity contribution in [1.82, 2.24) is 29.4 Å². The normalized spacial score (nSPS) is 14.8. The van der Waals surface area contributed by atoms with Crippen LogP contribution in [0.3, 0.4) is 0 Å². The van der Waals surface area contributed by atoms with Crippen LogP contribution >= 0.6 is 11.5 Å². The van der Waals surface area contributed by atoms with Crippen molar-refractivity contribution in [2.24, 2.45) is 4.99 Å². The summed E-state index contributed by atoms with van der Waals surface area (Å²) in [5.74, 6) is 1.92. The first-order valence-electron chi connectivity index (χ1n) is 10.9. The number of aryl methyl sites for hydroxylation is 1. The van der Waals surface area contributed by atoms with E-state index in [0.717, 1.165) is 62.6 Å². The van der Waals surface area contributed by atoms with Crippen LogP contribution in [0.4, 0.5) is 5.13 Å². The molecule has 3 heterocycles. The van der Waals surface area contributed by atoms with Gasteiger partial charge in [-0.2, -0.15) is 9.47 Å². The van der Waals surface area contributed by atoms with Gasteiger partial charge < -0.3 is 15.1 Å². The van der Waals surface area contributed by atoms with Gasteiger partial charge >= 0.3 is 0 Å². The Balaban J connectivity index is 1.37. The van der Waals surface area contributed by atoms with Crippen LogP contribution in [0.1, 0.15) is 30.8 Å². The molecule has 164 valence electrons. The molecule has 0 amide bonds. The highest BCUT2D eigenvalue weighted by atomic mass is 32.1. The number of anilines is 1. The highest BCUT2D eigenvalue weighted by Gasteiger charge is 2.22. The van der Waals surface area contributed by atoms with Crippen LogP contribution in [0.25, 0.3) is 0 Å². The lowest BCUT2D eigenvalue weighted by Crippen LogP contribution is -2.52. The summed E-state index contributed by atoms with van der Waals surface area (Å²) in [5, 5.41) is 8.79. The molecule has 0 bridgehead atoms. The molecule has 0 atom stereocenters. The SMILES string of the molecule is CCNC(=NCc1cccc(Cn2cccn2)c1)N1CCN(c2nc(CC)ns2)CC1. The lowest BCUT2D eigenvalue weighted by atomic mass is 10.1. The fourth-order valence-corrected chi connectivity index (χ4v) is 4.43. The van der Waals surface area contributed by atoms with Gasteiger partial charge in [0.15, 0.2) is 5.96 Å². The Morgan fingerprint density at radius 3 is 2.68 bits per heavy atom. The summed E-state index contributed by atoms with van der Waals surface area (Å²) in [6.45, 7) is 10.2. The average Bonchev–Trinajstić information content (AvgIpc) is 3.49. The van der Waals surface area contributed by atoms with Crippen molar-refractivity contribution in [3.8, 4) is 0 Å². The van der Waals surface area contributed by atoms with Crippen LogP contribution in [0.15, 0.2) is 47.7 Å². The van der Waals surface area contributed by atoms with Gasteiger partial charge in [-0.3, -0.25) is 4.68 Å². The lowest BCUT2D eigenvalue weighted by Gasteiger charge is -2.36. The number of rotatable bonds is 7. The molecule has 0 spiro atoms. The zero-order chi connectivity index (χ0) is 21.5. The van der Waals surface area contributed by atoms with E-state index >= 15 is 0 Å². The number of hydrogen-bond donors (Lipinski definition) is 1. The smallest absolute Gasteiger partial charge is 0.205 e. The third kappa shape index (κ3) is 5.61. The first kappa shape index (κ1) is 21.3. The molecule has 4 rings (SSSR count). The van der Waals surface area contributed by atoms with E-state index in [2.05, 4.69) is 67.7 Å². The number of aromatic nitrogens is 4. The van der Waals surface area contributed by atoms with Gasteiger partial charge in [0.05, 0.1) is 13.1 Å². The van der Waals surface area contributed by atoms with Crippen molar-refractivity contribution in [3.63, 3.8) is 0 Å². The van der Waals surface area contributed by atoms with E-state index in [4.69, 9.17) is 4.99 Å². The van der Waals surface area contributed by atoms with Crippen LogP contribution in [0, 0.1) is 0 Å². The van der Waals surface area contributed by atoms with Gasteiger partial charge in [0.25, 0.3) is 0 Å². The van der Waals surface area contributed by atoms with Crippen molar-refractivity contribution in [2.45, 2.75) is 33.4 Å². The monoisotopic (exact) mass is 438 g/mol. The number of hydrogen-bond acceptors (Lipinski definition) is 6. The molecule has 0 radical (unpaired) electrons. The molecule has 8 nitrogen and oxygen atoms in total. The molecule has 9 heteroatoms. The topological polar surface area (TPSA) is 74.5 Å². The summed E-state index contributed by atoms with van der Waals surface area (Å²) in [7, 11) is 0. The summed E-state index contributed by atoms with van der Waals surface area (Å²) >= 11 is 1.50. The second kappa shape index (κ2) is 10.4. The zero-order valence-corrected chi connectivity index (χ0v) is 19.1. The van der Waals surface area contributed by atoms with Gasteiger partial charge in [-0.15, -0.1) is 0 Å². The number of nitrogens with one attached hydrogen (secondary N) is 1. The number of aliphatic imine (C=N–C) groups is 1. The van der Waals surface area contributed by atoms with E-state index in [0.29, 0.717) is 6.54 Å². The molecule has 31 heavy (non-hydrogen) atoms. The zero-order valence-electron chi connectivity index (χ0n) is 18.2. The largest absolute Gasteiger partial charge is 0.357 e. The summed E-state index contributed by atoms with van der Waals surface area (Å²) in [4.78, 5) is 14.2. The summed E-state index contributed by atoms with van der Waals surface area (Å²) in [5.41, 5.74) is 2.44. The summed E-state index contributed by atoms with van der Waals surface area (Å²) < 4.78 is 6.36. The van der Waals surface area contributed by atoms with Gasteiger partial charge in [-0.1, -0.05) is 31.2 Å². The Bertz CT molecular complexity index is 973. The van der Waals surface area contributed by atoms with E-state index in [1.807, 2.05) is 23.1 Å². The molecule has 3 aromatic rings. The number of piperazine rings is 1. The molecule has 1 fully saturated rings. The molecular weight excluding hydrogens is 408 g/mol. The minimum atomic E-state index is 0.658. The predicted molar refractivity (Wildman–Crippen MR) is 126 cm³/mol. The Kier molecular flexibility index (Phi) is 7.14. The standard InChI is InChI=1S/C22H30N8S/c1-3-20-26-22(31-27-20)29-13-11-28(12-14-29)21(23-4-2)24-16-18-7-5-8-19(15-18)17-30-10-6-9-25-30/h5-10,15H,3-4,11-14,16-17H2,1-2H3,(H,23,24). The van der Waals surface area contributed by atoms with E-state index < -0.39 is 0 Å². The van der Waals surface area contributed by atoms with Crippen LogP contribution in [0.5, 0.6) is 0 Å². The summed E-state index contributed by atoms with van der Waals surface area (Å²) in [6.07, 6.45) is 4.68. The molecule has 1 N–H and O–H groups in total. The molecule has 0 aliphatic carbocycles. The van der Waals surface area contributed by atoms with E-state index in [1.54, 1.807) is 0 Å². The Labute approximate surface area is 187 Å². The molecule has 1 aliphatic heterocycles. The maximum Gasteiger partial charge on any atom is 0.205 e. The Morgan fingerprint density at radius 1 is 1.13 bits per heavy atom. The molecule has 1 aromatic carbocycles. The molecule has 0 saturated carbocycles. The van der Waals surface area contributed by atoms with Crippen molar-refractivity contribution < 1.29 is 0 Å². The highest BCUT2D eigenvalue weighted by Crippen LogP contribution is 2.19. The molecular formula is C22H30N8S. The summed E-state index contributed by atoms with van der Waals surface area (Å²) in [6, 6.07) is 10.5. The highest BCUT2D eigenvalue weighted by molar-refractivity contribution is 7.09. The Hall–Kier alpha value is -2.94. The van der Waals surface area contributed by atoms with E-state index in [-0.39, 0.29) is 0 Å². The van der Waals surface area contributed by atoms with E-state index in [1.165, 1.54) is 22.7 Å². The lowest BCUT2D eigenvalue weighted by molar-refractivity contribution is 0.372. The second-order valence-electron chi connectivity index (χ2n) is 7.51. The van der Waals surface area contributed by atoms with Gasteiger partial charge in [0, 0.05) is 63.1 Å². The molecule has 0 unspecified atom stereocenters. The maximum atomic E-state index is 4.93. The van der Waals surface area contributed by atoms with Gasteiger partial charge in [0.2, 0.25) is 5.13 Å². The maximum absolute atomic E-state index is 4.93. The average molecular weight is 439 g/mol. The van der Waals surface area contributed by atoms with Crippen molar-refractivity contribution >= 4 is 22.6 Å². The minimum absolute atomic E-state index is 0.658. The van der Waals surface area contributed by atoms with Crippen LogP contribution in [0.2, 0.25) is 0 Å². The van der Waals surface area contributed by atoms with Crippen LogP contribution in [-0.4, -0.2) is 62.7 Å². The number of guanidine groups is 1. The fraction of sp³-hybridized carbons (Fsp3) is 0.455. The van der Waals surface area contributed by atoms with Gasteiger partial charge in [0.1, 0.15) is 5.82 Å². The fourth-order valence-electron chi connectivity index (χ4n) is 3.63. The van der Waals surface area contributed by atoms with Crippen molar-refractivity contribution in [2.75, 3.05) is 37.6 Å². The third-order valence-corrected chi connectivity index (χ3v) is 6.08. The van der Waals surface area contributed by atoms with Gasteiger partial charge in [-0.05, 0) is 24.1 Å². The predicted octanol–water partition coefficient (Wildman–Crippen LogP) is 2.63. The van der Waals surface area contributed by atoms with Crippen molar-refractivity contribution in [1.29, 1.82) is 0 Å². The number of benzene rings is 1. The Morgan fingerprint density at radius 2 is 1.97 bits per heavy atom. The van der Waals surface area contributed by atoms with Crippen molar-refractivity contribution in [3.05, 3.63) is 59.7 Å². The first-order chi connectivity index (χ1) is 15.2. The third-order valence-electron chi connectivity index (χ3n) is 5.26. The van der Waals surface area contributed by atoms with Crippen LogP contribution in [-0.2, 0) is 19.5 Å². The number of nitrogens with zero attached hydrogens (tertiary/aromatic N) is 7. The van der Waals surface area contributed by atoms with Gasteiger partial charge in [-0.25, -0.2) is 9.98 Å². The minimum Gasteiger partial charge on any atom is -0.357 e. The second-order valence-corrected chi connectivity index (χ2v) is 8.24. The molecule has 2 aromatic heterocycles. The first-order valence-corrected chi connectivity index (χ1v) is 11.7. The quantitative estimate of drug-likeness (QED) is 0.452. The van der Waals surface area contributed by atoms with E-state index in [9.17, 15) is 0 Å². The molecule has 1 saturated heterocycles. The molecule has 1 aliphatic rings. The van der Waals surface area contributed by atoms with Crippen LogP contribution < -0.4 is 10.2 Å².